The van der Waals surface area contributed by atoms with Crippen molar-refractivity contribution in [1.82, 2.24) is 5.32 Å². The number of anilines is 2. The lowest BCUT2D eigenvalue weighted by Gasteiger charge is -2.31. The lowest BCUT2D eigenvalue weighted by Crippen LogP contribution is -2.37. The van der Waals surface area contributed by atoms with E-state index in [1.54, 1.807) is 18.2 Å². The largest absolute Gasteiger partial charge is 0.378 e. The zero-order valence-corrected chi connectivity index (χ0v) is 15.7. The number of rotatable bonds is 6. The van der Waals surface area contributed by atoms with Crippen LogP contribution in [0.3, 0.4) is 0 Å². The van der Waals surface area contributed by atoms with Gasteiger partial charge in [-0.05, 0) is 17.7 Å². The second-order valence-electron chi connectivity index (χ2n) is 6.22. The van der Waals surface area contributed by atoms with Crippen LogP contribution in [0.2, 0.25) is 5.02 Å². The van der Waals surface area contributed by atoms with E-state index in [2.05, 4.69) is 15.5 Å². The summed E-state index contributed by atoms with van der Waals surface area (Å²) < 4.78 is 5.38. The first-order valence-corrected chi connectivity index (χ1v) is 9.23. The van der Waals surface area contributed by atoms with Gasteiger partial charge in [0.05, 0.1) is 42.6 Å². The van der Waals surface area contributed by atoms with Gasteiger partial charge in [-0.3, -0.25) is 9.59 Å². The van der Waals surface area contributed by atoms with Gasteiger partial charge in [0.25, 0.3) is 0 Å². The van der Waals surface area contributed by atoms with Gasteiger partial charge in [-0.1, -0.05) is 48.0 Å². The minimum absolute atomic E-state index is 0.0965. The molecule has 0 bridgehead atoms. The molecule has 1 saturated heterocycles. The fourth-order valence-electron chi connectivity index (χ4n) is 2.94. The predicted molar refractivity (Wildman–Crippen MR) is 106 cm³/mol. The van der Waals surface area contributed by atoms with Crippen LogP contribution in [0.1, 0.15) is 5.56 Å². The van der Waals surface area contributed by atoms with Crippen molar-refractivity contribution in [2.24, 2.45) is 0 Å². The first kappa shape index (κ1) is 19.2. The Hall–Kier alpha value is -2.57. The van der Waals surface area contributed by atoms with Crippen molar-refractivity contribution < 1.29 is 14.3 Å². The lowest BCUT2D eigenvalue weighted by molar-refractivity contribution is -0.123. The van der Waals surface area contributed by atoms with E-state index in [0.717, 1.165) is 11.3 Å². The number of benzene rings is 2. The van der Waals surface area contributed by atoms with Gasteiger partial charge in [-0.25, -0.2) is 0 Å². The van der Waals surface area contributed by atoms with Gasteiger partial charge in [0.15, 0.2) is 0 Å². The highest BCUT2D eigenvalue weighted by molar-refractivity contribution is 6.34. The van der Waals surface area contributed by atoms with Crippen LogP contribution in [0.4, 0.5) is 11.4 Å². The van der Waals surface area contributed by atoms with Crippen LogP contribution in [0.25, 0.3) is 0 Å². The highest BCUT2D eigenvalue weighted by Gasteiger charge is 2.19. The van der Waals surface area contributed by atoms with E-state index in [1.807, 2.05) is 30.3 Å². The highest BCUT2D eigenvalue weighted by atomic mass is 35.5. The topological polar surface area (TPSA) is 70.7 Å². The van der Waals surface area contributed by atoms with Crippen molar-refractivity contribution in [3.05, 3.63) is 59.1 Å². The number of halogens is 1. The second-order valence-corrected chi connectivity index (χ2v) is 6.63. The minimum atomic E-state index is -0.298. The number of para-hydroxylation sites is 1. The Morgan fingerprint density at radius 1 is 1.00 bits per heavy atom. The zero-order chi connectivity index (χ0) is 19.1. The average molecular weight is 388 g/mol. The molecule has 2 aromatic carbocycles. The number of carbonyl (C=O) groups excluding carboxylic acids is 2. The zero-order valence-electron chi connectivity index (χ0n) is 14.9. The van der Waals surface area contributed by atoms with E-state index in [9.17, 15) is 9.59 Å². The van der Waals surface area contributed by atoms with E-state index in [4.69, 9.17) is 16.3 Å². The van der Waals surface area contributed by atoms with Gasteiger partial charge >= 0.3 is 0 Å². The first-order chi connectivity index (χ1) is 13.1. The molecule has 27 heavy (non-hydrogen) atoms. The van der Waals surface area contributed by atoms with Crippen LogP contribution < -0.4 is 15.5 Å². The Labute approximate surface area is 163 Å². The molecule has 1 fully saturated rings. The molecular weight excluding hydrogens is 366 g/mol. The predicted octanol–water partition coefficient (Wildman–Crippen LogP) is 2.47. The molecule has 0 aromatic heterocycles. The van der Waals surface area contributed by atoms with Gasteiger partial charge in [0.1, 0.15) is 0 Å². The van der Waals surface area contributed by atoms with Gasteiger partial charge in [0, 0.05) is 13.1 Å². The third kappa shape index (κ3) is 5.45. The molecule has 7 heteroatoms. The summed E-state index contributed by atoms with van der Waals surface area (Å²) in [6.45, 7) is 2.56. The van der Waals surface area contributed by atoms with Crippen molar-refractivity contribution in [3.63, 3.8) is 0 Å². The average Bonchev–Trinajstić information content (AvgIpc) is 2.68. The fourth-order valence-corrected chi connectivity index (χ4v) is 3.24. The Kier molecular flexibility index (Phi) is 6.68. The van der Waals surface area contributed by atoms with Crippen molar-refractivity contribution >= 4 is 34.8 Å². The minimum Gasteiger partial charge on any atom is -0.378 e. The maximum Gasteiger partial charge on any atom is 0.243 e. The molecule has 2 aromatic rings. The monoisotopic (exact) mass is 387 g/mol. The number of nitrogens with one attached hydrogen (secondary N) is 2. The van der Waals surface area contributed by atoms with Crippen molar-refractivity contribution in [2.75, 3.05) is 43.1 Å². The summed E-state index contributed by atoms with van der Waals surface area (Å²) >= 11 is 6.36. The Bertz CT molecular complexity index is 792. The van der Waals surface area contributed by atoms with Gasteiger partial charge in [0.2, 0.25) is 11.8 Å². The standard InChI is InChI=1S/C20H22ClN3O3/c21-16-7-4-8-17(20(16)24-9-11-27-12-10-24)23-19(26)14-22-18(25)13-15-5-2-1-3-6-15/h1-8H,9-14H2,(H,22,25)(H,23,26). The van der Waals surface area contributed by atoms with Gasteiger partial charge in [-0.2, -0.15) is 0 Å². The molecule has 2 amide bonds. The quantitative estimate of drug-likeness (QED) is 0.798. The summed E-state index contributed by atoms with van der Waals surface area (Å²) in [6, 6.07) is 14.8. The molecule has 142 valence electrons. The normalized spacial score (nSPS) is 13.9. The summed E-state index contributed by atoms with van der Waals surface area (Å²) in [5, 5.41) is 6.07. The second kappa shape index (κ2) is 9.39. The fraction of sp³-hybridized carbons (Fsp3) is 0.300. The van der Waals surface area contributed by atoms with E-state index >= 15 is 0 Å². The molecule has 0 aliphatic carbocycles. The van der Waals surface area contributed by atoms with Crippen LogP contribution in [-0.2, 0) is 20.7 Å². The van der Waals surface area contributed by atoms with E-state index in [-0.39, 0.29) is 24.8 Å². The van der Waals surface area contributed by atoms with Crippen LogP contribution in [0, 0.1) is 0 Å². The molecule has 0 saturated carbocycles. The summed E-state index contributed by atoms with van der Waals surface area (Å²) in [5.74, 6) is -0.496. The summed E-state index contributed by atoms with van der Waals surface area (Å²) in [5.41, 5.74) is 2.32. The molecular formula is C20H22ClN3O3. The molecule has 6 nitrogen and oxygen atoms in total. The number of morpholine rings is 1. The van der Waals surface area contributed by atoms with Crippen molar-refractivity contribution in [3.8, 4) is 0 Å². The molecule has 0 radical (unpaired) electrons. The highest BCUT2D eigenvalue weighted by Crippen LogP contribution is 2.34. The van der Waals surface area contributed by atoms with Crippen LogP contribution in [0.15, 0.2) is 48.5 Å². The van der Waals surface area contributed by atoms with E-state index < -0.39 is 0 Å². The van der Waals surface area contributed by atoms with E-state index in [1.165, 1.54) is 0 Å². The molecule has 1 aliphatic heterocycles. The van der Waals surface area contributed by atoms with Crippen LogP contribution in [0.5, 0.6) is 0 Å². The smallest absolute Gasteiger partial charge is 0.243 e. The number of amides is 2. The number of hydrogen-bond donors (Lipinski definition) is 2. The molecule has 1 heterocycles. The third-order valence-corrected chi connectivity index (χ3v) is 4.55. The summed E-state index contributed by atoms with van der Waals surface area (Å²) in [4.78, 5) is 26.4. The van der Waals surface area contributed by atoms with E-state index in [0.29, 0.717) is 37.0 Å². The molecule has 1 aliphatic rings. The lowest BCUT2D eigenvalue weighted by atomic mass is 10.1. The summed E-state index contributed by atoms with van der Waals surface area (Å²) in [6.07, 6.45) is 0.240. The van der Waals surface area contributed by atoms with Crippen LogP contribution in [-0.4, -0.2) is 44.7 Å². The Balaban J connectivity index is 1.57. The molecule has 3 rings (SSSR count). The maximum absolute atomic E-state index is 12.3. The first-order valence-electron chi connectivity index (χ1n) is 8.85. The van der Waals surface area contributed by atoms with Crippen LogP contribution >= 0.6 is 11.6 Å². The maximum atomic E-state index is 12.3. The Morgan fingerprint density at radius 3 is 2.48 bits per heavy atom. The SMILES string of the molecule is O=C(Cc1ccccc1)NCC(=O)Nc1cccc(Cl)c1N1CCOCC1. The van der Waals surface area contributed by atoms with Crippen molar-refractivity contribution in [1.29, 1.82) is 0 Å². The number of carbonyl (C=O) groups is 2. The molecule has 2 N–H and O–H groups in total. The number of ether oxygens (including phenoxy) is 1. The summed E-state index contributed by atoms with van der Waals surface area (Å²) in [7, 11) is 0. The van der Waals surface area contributed by atoms with Crippen molar-refractivity contribution in [2.45, 2.75) is 6.42 Å². The number of nitrogens with zero attached hydrogens (tertiary/aromatic N) is 1. The number of hydrogen-bond acceptors (Lipinski definition) is 4. The third-order valence-electron chi connectivity index (χ3n) is 4.24. The molecule has 0 spiro atoms. The molecule has 0 unspecified atom stereocenters. The molecule has 0 atom stereocenters. The van der Waals surface area contributed by atoms with Gasteiger partial charge < -0.3 is 20.3 Å². The van der Waals surface area contributed by atoms with Gasteiger partial charge in [-0.15, -0.1) is 0 Å². The Morgan fingerprint density at radius 2 is 1.74 bits per heavy atom.